The molecule has 0 aliphatic heterocycles. The van der Waals surface area contributed by atoms with Gasteiger partial charge in [0.25, 0.3) is 0 Å². The highest BCUT2D eigenvalue weighted by Gasteiger charge is 2.38. The molecule has 0 unspecified atom stereocenters. The molecule has 7 aromatic carbocycles. The topological polar surface area (TPSA) is 149 Å². The molecule has 3 aliphatic carbocycles. The first kappa shape index (κ1) is 71.1. The van der Waals surface area contributed by atoms with Crippen molar-refractivity contribution in [2.45, 2.75) is 222 Å². The molecule has 8 heteroatoms. The van der Waals surface area contributed by atoms with Crippen LogP contribution in [0.25, 0.3) is 43.8 Å². The molecule has 0 atom stereocenters. The summed E-state index contributed by atoms with van der Waals surface area (Å²) in [6.45, 7) is 64.7. The summed E-state index contributed by atoms with van der Waals surface area (Å²) < 4.78 is 0. The van der Waals surface area contributed by atoms with Crippen LogP contribution in [0.5, 0.6) is 23.0 Å². The summed E-state index contributed by atoms with van der Waals surface area (Å²) >= 11 is 0. The number of phenols is 4. The van der Waals surface area contributed by atoms with Gasteiger partial charge in [0, 0.05) is 44.2 Å². The number of benzene rings is 7. The molecule has 0 heterocycles. The van der Waals surface area contributed by atoms with E-state index in [1.807, 2.05) is 125 Å². The Morgan fingerprint density at radius 2 is 0.326 bits per heavy atom. The second-order valence-corrected chi connectivity index (χ2v) is 27.2. The first-order chi connectivity index (χ1) is 42.4. The van der Waals surface area contributed by atoms with Crippen LogP contribution in [-0.2, 0) is 9.59 Å². The number of allylic oxidation sites excluding steroid dienone is 10. The number of rotatable bonds is 1. The van der Waals surface area contributed by atoms with Crippen molar-refractivity contribution in [1.82, 2.24) is 0 Å². The fourth-order valence-electron chi connectivity index (χ4n) is 14.8. The van der Waals surface area contributed by atoms with Gasteiger partial charge >= 0.3 is 0 Å². The number of aromatic hydroxyl groups is 4. The number of phenolic OH excluding ortho intramolecular Hbond substituents is 4. The van der Waals surface area contributed by atoms with Crippen LogP contribution in [0.3, 0.4) is 0 Å². The maximum Gasteiger partial charge on any atom is 0.234 e. The van der Waals surface area contributed by atoms with E-state index >= 15 is 0 Å². The highest BCUT2D eigenvalue weighted by molar-refractivity contribution is 6.54. The Labute approximate surface area is 548 Å². The van der Waals surface area contributed by atoms with E-state index in [1.54, 1.807) is 0 Å². The monoisotopic (exact) mass is 1240 g/mol. The van der Waals surface area contributed by atoms with Crippen LogP contribution >= 0.6 is 0 Å². The summed E-state index contributed by atoms with van der Waals surface area (Å²) in [4.78, 5) is 50.5. The van der Waals surface area contributed by atoms with Crippen LogP contribution in [0.4, 0.5) is 0 Å². The van der Waals surface area contributed by atoms with Gasteiger partial charge in [-0.2, -0.15) is 0 Å². The van der Waals surface area contributed by atoms with E-state index in [0.29, 0.717) is 22.6 Å². The summed E-state index contributed by atoms with van der Waals surface area (Å²) in [5.74, 6) is 0.339. The fourth-order valence-corrected chi connectivity index (χ4v) is 14.8. The molecule has 0 saturated carbocycles. The third-order valence-electron chi connectivity index (χ3n) is 23.4. The van der Waals surface area contributed by atoms with Crippen LogP contribution in [0.2, 0.25) is 0 Å². The lowest BCUT2D eigenvalue weighted by molar-refractivity contribution is -0.113. The van der Waals surface area contributed by atoms with Crippen molar-refractivity contribution in [1.29, 1.82) is 0 Å². The zero-order chi connectivity index (χ0) is 70.0. The number of hydrogen-bond donors (Lipinski definition) is 4. The van der Waals surface area contributed by atoms with Crippen molar-refractivity contribution in [3.05, 3.63) is 200 Å². The van der Waals surface area contributed by atoms with Gasteiger partial charge in [0.05, 0.1) is 0 Å². The van der Waals surface area contributed by atoms with Crippen LogP contribution in [-0.4, -0.2) is 43.6 Å². The summed E-state index contributed by atoms with van der Waals surface area (Å²) in [7, 11) is 0. The number of carbonyl (C=O) groups is 4. The van der Waals surface area contributed by atoms with Crippen molar-refractivity contribution in [2.75, 3.05) is 0 Å². The standard InChI is InChI=1S/C22H26O2.C22H24O2.C20H26O2.C20H24O2/c2*1-9-11(3)15(7)19-17(13(9)5)18-14(6)10(2)12(4)16(8)20(18)22(24)21(19)23;2*1-9-13(5)19(21)14(6)10(2)17(9)18-11(3)15(7)20(22)16(8)12(18)4/h23-24H,1-8H3;1-8H3;21-22H,1-8H3;1-8H3. The largest absolute Gasteiger partial charge is 0.507 e. The molecule has 4 N–H and O–H groups in total. The van der Waals surface area contributed by atoms with E-state index in [-0.39, 0.29) is 34.6 Å². The average molecular weight is 1240 g/mol. The molecular weight excluding hydrogens is 1140 g/mol. The van der Waals surface area contributed by atoms with Gasteiger partial charge in [-0.05, 0) is 422 Å². The molecule has 92 heavy (non-hydrogen) atoms. The lowest BCUT2D eigenvalue weighted by Gasteiger charge is -2.29. The van der Waals surface area contributed by atoms with Gasteiger partial charge in [-0.1, -0.05) is 0 Å². The zero-order valence-electron chi connectivity index (χ0n) is 61.4. The van der Waals surface area contributed by atoms with Crippen molar-refractivity contribution in [3.63, 3.8) is 0 Å². The number of aryl methyl sites for hydroxylation is 4. The molecule has 8 nitrogen and oxygen atoms in total. The van der Waals surface area contributed by atoms with Crippen LogP contribution < -0.4 is 0 Å². The molecule has 3 aliphatic rings. The third kappa shape index (κ3) is 10.6. The smallest absolute Gasteiger partial charge is 0.234 e. The maximum atomic E-state index is 12.9. The van der Waals surface area contributed by atoms with Crippen molar-refractivity contribution < 1.29 is 39.6 Å². The molecular formula is C84H100O8. The minimum absolute atomic E-state index is 0.00644. The predicted molar refractivity (Wildman–Crippen MR) is 385 cm³/mol. The number of carbonyl (C=O) groups excluding carboxylic acids is 4. The van der Waals surface area contributed by atoms with Gasteiger partial charge < -0.3 is 20.4 Å². The van der Waals surface area contributed by atoms with Gasteiger partial charge in [0.15, 0.2) is 23.1 Å². The Kier molecular flexibility index (Phi) is 19.5. The molecule has 0 spiro atoms. The van der Waals surface area contributed by atoms with Crippen molar-refractivity contribution in [3.8, 4) is 45.3 Å². The number of fused-ring (bicyclic) bond motifs is 6. The molecule has 0 radical (unpaired) electrons. The summed E-state index contributed by atoms with van der Waals surface area (Å²) in [5.41, 5.74) is 41.3. The highest BCUT2D eigenvalue weighted by Crippen LogP contribution is 2.51. The van der Waals surface area contributed by atoms with Crippen LogP contribution in [0, 0.1) is 166 Å². The SMILES string of the molecule is CC1=C(C)C(=C2C(C)=C(C)C(=O)C(C)=C2C)C(C)=C(C)C1=O.Cc1c(C)c(-c2c(C)c(C)c(O)c(C)c2C)c(C)c(C)c1O.Cc1c(C)c(C)c2c(c1C)C(=O)C(=O)c1c(C)c(C)c(C)c(C)c1-2.Cc1c(C)c(C)c2c(c1C)c(O)c(O)c1c(C)c(C)c(C)c(C)c12. The Morgan fingerprint density at radius 1 is 0.152 bits per heavy atom. The van der Waals surface area contributed by atoms with Crippen molar-refractivity contribution in [2.24, 2.45) is 0 Å². The van der Waals surface area contributed by atoms with E-state index in [2.05, 4.69) is 96.9 Å². The number of Topliss-reactive ketones (excluding diaryl/α,β-unsaturated/α-hetero) is 4. The van der Waals surface area contributed by atoms with Crippen molar-refractivity contribution >= 4 is 44.7 Å². The Hall–Kier alpha value is -8.36. The van der Waals surface area contributed by atoms with E-state index in [4.69, 9.17) is 0 Å². The lowest BCUT2D eigenvalue weighted by atomic mass is 9.73. The van der Waals surface area contributed by atoms with Gasteiger partial charge in [0.2, 0.25) is 11.6 Å². The number of ketones is 4. The normalized spacial score (nSPS) is 14.1. The first-order valence-corrected chi connectivity index (χ1v) is 32.2. The summed E-state index contributed by atoms with van der Waals surface area (Å²) in [6.07, 6.45) is 0. The first-order valence-electron chi connectivity index (χ1n) is 32.2. The molecule has 10 rings (SSSR count). The summed E-state index contributed by atoms with van der Waals surface area (Å²) in [5, 5.41) is 45.9. The average Bonchev–Trinajstić information content (AvgIpc) is 0.729. The quantitative estimate of drug-likeness (QED) is 0.0721. The minimum atomic E-state index is -0.355. The van der Waals surface area contributed by atoms with E-state index in [1.165, 1.54) is 55.6 Å². The molecule has 0 aromatic heterocycles. The Balaban J connectivity index is 0.000000174. The van der Waals surface area contributed by atoms with E-state index in [9.17, 15) is 39.6 Å². The van der Waals surface area contributed by atoms with Gasteiger partial charge in [-0.3, -0.25) is 19.2 Å². The fraction of sp³-hybridized carbons (Fsp3) is 0.381. The Morgan fingerprint density at radius 3 is 0.543 bits per heavy atom. The molecule has 484 valence electrons. The summed E-state index contributed by atoms with van der Waals surface area (Å²) in [6, 6.07) is 0. The third-order valence-corrected chi connectivity index (χ3v) is 23.4. The zero-order valence-corrected chi connectivity index (χ0v) is 61.4. The molecule has 0 amide bonds. The molecule has 0 saturated heterocycles. The van der Waals surface area contributed by atoms with Gasteiger partial charge in [0.1, 0.15) is 11.5 Å². The Bertz CT molecular complexity index is 4340. The second kappa shape index (κ2) is 25.3. The minimum Gasteiger partial charge on any atom is -0.507 e. The molecule has 0 fully saturated rings. The number of hydrogen-bond acceptors (Lipinski definition) is 8. The highest BCUT2D eigenvalue weighted by atomic mass is 16.3. The van der Waals surface area contributed by atoms with Crippen LogP contribution in [0.1, 0.15) is 210 Å². The van der Waals surface area contributed by atoms with E-state index < -0.39 is 0 Å². The van der Waals surface area contributed by atoms with Crippen LogP contribution in [0.15, 0.2) is 55.7 Å². The van der Waals surface area contributed by atoms with Gasteiger partial charge in [-0.25, -0.2) is 0 Å². The predicted octanol–water partition coefficient (Wildman–Crippen LogP) is 21.1. The van der Waals surface area contributed by atoms with E-state index in [0.717, 1.165) is 177 Å². The lowest BCUT2D eigenvalue weighted by Crippen LogP contribution is -2.26. The maximum absolute atomic E-state index is 12.9. The van der Waals surface area contributed by atoms with Gasteiger partial charge in [-0.15, -0.1) is 0 Å². The molecule has 7 aromatic rings. The second-order valence-electron chi connectivity index (χ2n) is 27.2. The molecule has 0 bridgehead atoms.